The van der Waals surface area contributed by atoms with Crippen LogP contribution in [-0.4, -0.2) is 24.6 Å². The van der Waals surface area contributed by atoms with Crippen molar-refractivity contribution >= 4 is 22.4 Å². The predicted octanol–water partition coefficient (Wildman–Crippen LogP) is 2.84. The van der Waals surface area contributed by atoms with E-state index in [1.54, 1.807) is 0 Å². The molecular weight excluding hydrogens is 236 g/mol. The average molecular weight is 254 g/mol. The third-order valence-electron chi connectivity index (χ3n) is 3.49. The van der Waals surface area contributed by atoms with Crippen LogP contribution < -0.4 is 5.32 Å². The normalized spacial score (nSPS) is 16.6. The number of carbonyl (C=O) groups excluding carboxylic acids is 1. The molecule has 0 aromatic carbocycles. The van der Waals surface area contributed by atoms with Crippen molar-refractivity contribution in [2.45, 2.75) is 33.1 Å². The molecule has 1 aliphatic carbocycles. The second-order valence-corrected chi connectivity index (χ2v) is 5.63. The number of anilines is 1. The van der Waals surface area contributed by atoms with E-state index in [4.69, 9.17) is 4.74 Å². The Balaban J connectivity index is 2.00. The topological polar surface area (TPSA) is 51.2 Å². The van der Waals surface area contributed by atoms with E-state index in [0.29, 0.717) is 10.3 Å². The van der Waals surface area contributed by atoms with Crippen LogP contribution in [-0.2, 0) is 4.74 Å². The molecule has 1 fully saturated rings. The van der Waals surface area contributed by atoms with E-state index >= 15 is 0 Å². The smallest absolute Gasteiger partial charge is 0.350 e. The molecule has 0 radical (unpaired) electrons. The number of rotatable bonds is 5. The van der Waals surface area contributed by atoms with Gasteiger partial charge in [0.2, 0.25) is 0 Å². The fraction of sp³-hybridized carbons (Fsp3) is 0.667. The highest BCUT2D eigenvalue weighted by atomic mass is 32.1. The molecule has 94 valence electrons. The van der Waals surface area contributed by atoms with E-state index in [0.717, 1.165) is 17.4 Å². The number of nitrogens with zero attached hydrogens (tertiary/aromatic N) is 1. The van der Waals surface area contributed by atoms with E-state index in [2.05, 4.69) is 17.2 Å². The van der Waals surface area contributed by atoms with Crippen molar-refractivity contribution in [2.24, 2.45) is 5.41 Å². The molecule has 1 aliphatic rings. The van der Waals surface area contributed by atoms with Gasteiger partial charge in [-0.25, -0.2) is 9.78 Å². The van der Waals surface area contributed by atoms with Crippen molar-refractivity contribution in [1.29, 1.82) is 0 Å². The lowest BCUT2D eigenvalue weighted by molar-refractivity contribution is 0.0605. The Morgan fingerprint density at radius 1 is 1.59 bits per heavy atom. The quantitative estimate of drug-likeness (QED) is 0.821. The van der Waals surface area contributed by atoms with Crippen LogP contribution in [0.4, 0.5) is 5.13 Å². The summed E-state index contributed by atoms with van der Waals surface area (Å²) >= 11 is 1.37. The van der Waals surface area contributed by atoms with Crippen molar-refractivity contribution < 1.29 is 9.53 Å². The first-order chi connectivity index (χ1) is 8.10. The zero-order valence-electron chi connectivity index (χ0n) is 10.5. The van der Waals surface area contributed by atoms with Crippen molar-refractivity contribution in [3.05, 3.63) is 10.6 Å². The molecule has 5 heteroatoms. The first kappa shape index (κ1) is 12.4. The largest absolute Gasteiger partial charge is 0.465 e. The maximum Gasteiger partial charge on any atom is 0.350 e. The number of nitrogens with one attached hydrogen (secondary N) is 1. The lowest BCUT2D eigenvalue weighted by Gasteiger charge is -2.11. The van der Waals surface area contributed by atoms with Crippen LogP contribution in [0.3, 0.4) is 0 Å². The van der Waals surface area contributed by atoms with E-state index < -0.39 is 0 Å². The highest BCUT2D eigenvalue weighted by Gasteiger charge is 2.40. The van der Waals surface area contributed by atoms with Gasteiger partial charge in [-0.05, 0) is 31.6 Å². The van der Waals surface area contributed by atoms with Crippen LogP contribution in [0.5, 0.6) is 0 Å². The number of carbonyl (C=O) groups is 1. The van der Waals surface area contributed by atoms with Gasteiger partial charge in [0.05, 0.1) is 12.8 Å². The van der Waals surface area contributed by atoms with Crippen molar-refractivity contribution in [1.82, 2.24) is 4.98 Å². The number of aryl methyl sites for hydroxylation is 1. The molecule has 4 nitrogen and oxygen atoms in total. The average Bonchev–Trinajstić information content (AvgIpc) is 3.03. The fourth-order valence-corrected chi connectivity index (χ4v) is 2.73. The lowest BCUT2D eigenvalue weighted by Crippen LogP contribution is -2.14. The number of esters is 1. The van der Waals surface area contributed by atoms with Gasteiger partial charge in [0, 0.05) is 6.54 Å². The summed E-state index contributed by atoms with van der Waals surface area (Å²) in [5, 5.41) is 4.16. The molecule has 0 aliphatic heterocycles. The molecule has 0 unspecified atom stereocenters. The van der Waals surface area contributed by atoms with Crippen LogP contribution in [0.1, 0.15) is 41.6 Å². The summed E-state index contributed by atoms with van der Waals surface area (Å²) < 4.78 is 4.71. The van der Waals surface area contributed by atoms with Crippen LogP contribution in [0, 0.1) is 12.3 Å². The van der Waals surface area contributed by atoms with E-state index in [9.17, 15) is 4.79 Å². The monoisotopic (exact) mass is 254 g/mol. The Labute approximate surface area is 105 Å². The van der Waals surface area contributed by atoms with Crippen LogP contribution in [0.2, 0.25) is 0 Å². The third kappa shape index (κ3) is 2.60. The van der Waals surface area contributed by atoms with Crippen LogP contribution in [0.15, 0.2) is 0 Å². The van der Waals surface area contributed by atoms with E-state index in [1.165, 1.54) is 37.7 Å². The molecule has 0 amide bonds. The molecule has 1 aromatic rings. The summed E-state index contributed by atoms with van der Waals surface area (Å²) in [5.41, 5.74) is 1.22. The molecule has 0 atom stereocenters. The zero-order valence-corrected chi connectivity index (χ0v) is 11.3. The van der Waals surface area contributed by atoms with Crippen LogP contribution in [0.25, 0.3) is 0 Å². The first-order valence-corrected chi connectivity index (χ1v) is 6.71. The standard InChI is InChI=1S/C12H18N2O2S/c1-4-12(5-6-12)7-13-11-14-8(2)9(17-11)10(15)16-3/h4-7H2,1-3H3,(H,13,14). The van der Waals surface area contributed by atoms with Gasteiger partial charge in [0.1, 0.15) is 4.88 Å². The Kier molecular flexibility index (Phi) is 3.38. The summed E-state index contributed by atoms with van der Waals surface area (Å²) in [5.74, 6) is -0.301. The maximum absolute atomic E-state index is 11.4. The molecule has 0 bridgehead atoms. The summed E-state index contributed by atoms with van der Waals surface area (Å²) in [6.07, 6.45) is 3.80. The summed E-state index contributed by atoms with van der Waals surface area (Å²) in [4.78, 5) is 16.4. The Bertz CT molecular complexity index is 424. The Hall–Kier alpha value is -1.10. The van der Waals surface area contributed by atoms with Crippen LogP contribution >= 0.6 is 11.3 Å². The minimum absolute atomic E-state index is 0.301. The van der Waals surface area contributed by atoms with Crippen molar-refractivity contribution in [2.75, 3.05) is 19.0 Å². The van der Waals surface area contributed by atoms with E-state index in [-0.39, 0.29) is 5.97 Å². The van der Waals surface area contributed by atoms with Gasteiger partial charge in [-0.3, -0.25) is 0 Å². The fourth-order valence-electron chi connectivity index (χ4n) is 1.85. The second-order valence-electron chi connectivity index (χ2n) is 4.63. The summed E-state index contributed by atoms with van der Waals surface area (Å²) in [7, 11) is 1.39. The van der Waals surface area contributed by atoms with Gasteiger partial charge in [-0.1, -0.05) is 18.3 Å². The van der Waals surface area contributed by atoms with Gasteiger partial charge in [0.15, 0.2) is 5.13 Å². The molecule has 17 heavy (non-hydrogen) atoms. The van der Waals surface area contributed by atoms with Crippen molar-refractivity contribution in [3.8, 4) is 0 Å². The summed E-state index contributed by atoms with van der Waals surface area (Å²) in [6, 6.07) is 0. The molecule has 2 rings (SSSR count). The first-order valence-electron chi connectivity index (χ1n) is 5.90. The van der Waals surface area contributed by atoms with Gasteiger partial charge in [0.25, 0.3) is 0 Å². The Morgan fingerprint density at radius 2 is 2.29 bits per heavy atom. The molecule has 1 N–H and O–H groups in total. The SMILES string of the molecule is CCC1(CNc2nc(C)c(C(=O)OC)s2)CC1. The molecule has 1 saturated carbocycles. The number of methoxy groups -OCH3 is 1. The molecule has 0 saturated heterocycles. The van der Waals surface area contributed by atoms with Gasteiger partial charge < -0.3 is 10.1 Å². The number of aromatic nitrogens is 1. The van der Waals surface area contributed by atoms with Gasteiger partial charge in [-0.15, -0.1) is 0 Å². The maximum atomic E-state index is 11.4. The minimum atomic E-state index is -0.301. The molecule has 0 spiro atoms. The zero-order chi connectivity index (χ0) is 12.5. The Morgan fingerprint density at radius 3 is 2.82 bits per heavy atom. The van der Waals surface area contributed by atoms with Gasteiger partial charge in [-0.2, -0.15) is 0 Å². The highest BCUT2D eigenvalue weighted by Crippen LogP contribution is 2.48. The minimum Gasteiger partial charge on any atom is -0.465 e. The third-order valence-corrected chi connectivity index (χ3v) is 4.58. The number of hydrogen-bond acceptors (Lipinski definition) is 5. The van der Waals surface area contributed by atoms with E-state index in [1.807, 2.05) is 6.92 Å². The number of hydrogen-bond donors (Lipinski definition) is 1. The van der Waals surface area contributed by atoms with Crippen molar-refractivity contribution in [3.63, 3.8) is 0 Å². The second kappa shape index (κ2) is 4.64. The number of thiazole rings is 1. The number of ether oxygens (including phenoxy) is 1. The predicted molar refractivity (Wildman–Crippen MR) is 68.6 cm³/mol. The molecule has 1 heterocycles. The van der Waals surface area contributed by atoms with Gasteiger partial charge >= 0.3 is 5.97 Å². The lowest BCUT2D eigenvalue weighted by atomic mass is 10.0. The highest BCUT2D eigenvalue weighted by molar-refractivity contribution is 7.17. The summed E-state index contributed by atoms with van der Waals surface area (Å²) in [6.45, 7) is 5.01. The molecular formula is C12H18N2O2S. The molecule has 1 aromatic heterocycles.